The van der Waals surface area contributed by atoms with Crippen LogP contribution in [0.25, 0.3) is 0 Å². The van der Waals surface area contributed by atoms with Crippen molar-refractivity contribution in [2.75, 3.05) is 6.61 Å². The SMILES string of the molecule is CCCCCCCCCCCCCCCCCC(=O)O[C@@H]1C[C@@H](O)O[C@H]1[C@@H](O)CO. The highest BCUT2D eigenvalue weighted by Gasteiger charge is 2.41. The van der Waals surface area contributed by atoms with Gasteiger partial charge in [-0.2, -0.15) is 0 Å². The highest BCUT2D eigenvalue weighted by atomic mass is 16.7. The van der Waals surface area contributed by atoms with Gasteiger partial charge in [-0.3, -0.25) is 4.79 Å². The fourth-order valence-electron chi connectivity index (χ4n) is 4.08. The number of carbonyl (C=O) groups is 1. The number of esters is 1. The summed E-state index contributed by atoms with van der Waals surface area (Å²) < 4.78 is 10.5. The van der Waals surface area contributed by atoms with Crippen LogP contribution in [0.15, 0.2) is 0 Å². The van der Waals surface area contributed by atoms with Gasteiger partial charge in [-0.25, -0.2) is 0 Å². The molecule has 3 N–H and O–H groups in total. The molecule has 0 unspecified atom stereocenters. The van der Waals surface area contributed by atoms with Crippen molar-refractivity contribution in [3.63, 3.8) is 0 Å². The summed E-state index contributed by atoms with van der Waals surface area (Å²) in [6.07, 6.45) is 15.8. The summed E-state index contributed by atoms with van der Waals surface area (Å²) in [6, 6.07) is 0. The topological polar surface area (TPSA) is 96.2 Å². The van der Waals surface area contributed by atoms with E-state index in [0.29, 0.717) is 6.42 Å². The lowest BCUT2D eigenvalue weighted by atomic mass is 10.0. The van der Waals surface area contributed by atoms with Crippen molar-refractivity contribution in [2.45, 2.75) is 141 Å². The Morgan fingerprint density at radius 2 is 1.37 bits per heavy atom. The summed E-state index contributed by atoms with van der Waals surface area (Å²) >= 11 is 0. The second-order valence-corrected chi connectivity index (χ2v) is 8.77. The monoisotopic (exact) mass is 430 g/mol. The van der Waals surface area contributed by atoms with E-state index >= 15 is 0 Å². The fraction of sp³-hybridized carbons (Fsp3) is 0.958. The molecule has 4 atom stereocenters. The maximum absolute atomic E-state index is 12.0. The molecule has 1 aliphatic rings. The number of hydrogen-bond acceptors (Lipinski definition) is 6. The van der Waals surface area contributed by atoms with Crippen LogP contribution in [0.4, 0.5) is 0 Å². The summed E-state index contributed by atoms with van der Waals surface area (Å²) in [5, 5.41) is 28.3. The molecule has 6 nitrogen and oxygen atoms in total. The van der Waals surface area contributed by atoms with Crippen LogP contribution in [-0.4, -0.2) is 52.5 Å². The predicted octanol–water partition coefficient (Wildman–Crippen LogP) is 4.62. The molecule has 0 aromatic carbocycles. The largest absolute Gasteiger partial charge is 0.459 e. The Morgan fingerprint density at radius 3 is 1.83 bits per heavy atom. The summed E-state index contributed by atoms with van der Waals surface area (Å²) in [6.45, 7) is 1.76. The Hall–Kier alpha value is -0.690. The average molecular weight is 431 g/mol. The van der Waals surface area contributed by atoms with Crippen LogP contribution in [0.1, 0.15) is 116 Å². The van der Waals surface area contributed by atoms with Gasteiger partial charge in [0.25, 0.3) is 0 Å². The van der Waals surface area contributed by atoms with E-state index in [1.54, 1.807) is 0 Å². The zero-order valence-electron chi connectivity index (χ0n) is 19.1. The first-order valence-corrected chi connectivity index (χ1v) is 12.4. The van der Waals surface area contributed by atoms with E-state index in [1.165, 1.54) is 77.0 Å². The van der Waals surface area contributed by atoms with Crippen molar-refractivity contribution in [3.05, 3.63) is 0 Å². The van der Waals surface area contributed by atoms with E-state index in [1.807, 2.05) is 0 Å². The smallest absolute Gasteiger partial charge is 0.306 e. The zero-order valence-corrected chi connectivity index (χ0v) is 19.1. The molecule has 0 aromatic heterocycles. The zero-order chi connectivity index (χ0) is 22.0. The van der Waals surface area contributed by atoms with Crippen LogP contribution >= 0.6 is 0 Å². The van der Waals surface area contributed by atoms with Crippen molar-refractivity contribution in [1.29, 1.82) is 0 Å². The molecule has 1 rings (SSSR count). The van der Waals surface area contributed by atoms with Gasteiger partial charge >= 0.3 is 5.97 Å². The summed E-state index contributed by atoms with van der Waals surface area (Å²) in [5.41, 5.74) is 0. The molecule has 6 heteroatoms. The van der Waals surface area contributed by atoms with E-state index < -0.39 is 31.2 Å². The van der Waals surface area contributed by atoms with E-state index in [2.05, 4.69) is 6.92 Å². The van der Waals surface area contributed by atoms with Gasteiger partial charge in [-0.15, -0.1) is 0 Å². The van der Waals surface area contributed by atoms with Crippen LogP contribution in [0.3, 0.4) is 0 Å². The van der Waals surface area contributed by atoms with Gasteiger partial charge in [0.2, 0.25) is 0 Å². The van der Waals surface area contributed by atoms with Crippen molar-refractivity contribution < 1.29 is 29.6 Å². The van der Waals surface area contributed by atoms with Gasteiger partial charge in [0.05, 0.1) is 6.61 Å². The molecule has 0 amide bonds. The minimum atomic E-state index is -1.16. The third kappa shape index (κ3) is 12.9. The molecular formula is C24H46O6. The Kier molecular flexibility index (Phi) is 16.3. The fourth-order valence-corrected chi connectivity index (χ4v) is 4.08. The van der Waals surface area contributed by atoms with Gasteiger partial charge in [-0.1, -0.05) is 96.8 Å². The lowest BCUT2D eigenvalue weighted by molar-refractivity contribution is -0.162. The lowest BCUT2D eigenvalue weighted by Crippen LogP contribution is -2.39. The molecule has 1 heterocycles. The molecule has 178 valence electrons. The lowest BCUT2D eigenvalue weighted by Gasteiger charge is -2.22. The van der Waals surface area contributed by atoms with Crippen LogP contribution in [-0.2, 0) is 14.3 Å². The molecule has 0 bridgehead atoms. The molecule has 0 spiro atoms. The van der Waals surface area contributed by atoms with Gasteiger partial charge < -0.3 is 24.8 Å². The molecule has 0 aliphatic carbocycles. The highest BCUT2D eigenvalue weighted by molar-refractivity contribution is 5.69. The van der Waals surface area contributed by atoms with Crippen molar-refractivity contribution in [1.82, 2.24) is 0 Å². The van der Waals surface area contributed by atoms with Crippen LogP contribution in [0.5, 0.6) is 0 Å². The standard InChI is InChI=1S/C24H46O6/c1-2-3-4-5-6-7-8-9-10-11-12-13-14-15-16-17-22(27)29-21-18-23(28)30-24(21)20(26)19-25/h20-21,23-26,28H,2-19H2,1H3/t20-,21+,23-,24-/m0/s1. The number of unbranched alkanes of at least 4 members (excludes halogenated alkanes) is 14. The summed E-state index contributed by atoms with van der Waals surface area (Å²) in [5.74, 6) is -0.331. The first kappa shape index (κ1) is 27.3. The van der Waals surface area contributed by atoms with Gasteiger partial charge in [0.1, 0.15) is 18.3 Å². The first-order valence-electron chi connectivity index (χ1n) is 12.4. The van der Waals surface area contributed by atoms with E-state index in [9.17, 15) is 15.0 Å². The molecule has 1 saturated heterocycles. The molecule has 0 radical (unpaired) electrons. The van der Waals surface area contributed by atoms with Gasteiger partial charge in [-0.05, 0) is 6.42 Å². The van der Waals surface area contributed by atoms with Crippen LogP contribution < -0.4 is 0 Å². The Morgan fingerprint density at radius 1 is 0.900 bits per heavy atom. The van der Waals surface area contributed by atoms with Crippen LogP contribution in [0, 0.1) is 0 Å². The average Bonchev–Trinajstić information content (AvgIpc) is 3.10. The Labute approximate surface area is 183 Å². The quantitative estimate of drug-likeness (QED) is 0.204. The number of aliphatic hydroxyl groups excluding tert-OH is 3. The predicted molar refractivity (Wildman–Crippen MR) is 118 cm³/mol. The van der Waals surface area contributed by atoms with Gasteiger partial charge in [0, 0.05) is 12.8 Å². The molecule has 0 aromatic rings. The highest BCUT2D eigenvalue weighted by Crippen LogP contribution is 2.25. The van der Waals surface area contributed by atoms with E-state index in [4.69, 9.17) is 14.6 Å². The molecule has 1 aliphatic heterocycles. The number of hydrogen-bond donors (Lipinski definition) is 3. The number of rotatable bonds is 19. The first-order chi connectivity index (χ1) is 14.6. The third-order valence-electron chi connectivity index (χ3n) is 5.95. The van der Waals surface area contributed by atoms with Gasteiger partial charge in [0.15, 0.2) is 6.29 Å². The third-order valence-corrected chi connectivity index (χ3v) is 5.95. The van der Waals surface area contributed by atoms with E-state index in [0.717, 1.165) is 19.3 Å². The van der Waals surface area contributed by atoms with Crippen molar-refractivity contribution >= 4 is 5.97 Å². The Bertz CT molecular complexity index is 417. The number of aliphatic hydroxyl groups is 3. The molecular weight excluding hydrogens is 384 g/mol. The summed E-state index contributed by atoms with van der Waals surface area (Å²) in [7, 11) is 0. The normalized spacial score (nSPS) is 22.3. The maximum atomic E-state index is 12.0. The summed E-state index contributed by atoms with van der Waals surface area (Å²) in [4.78, 5) is 12.0. The Balaban J connectivity index is 1.90. The van der Waals surface area contributed by atoms with Crippen LogP contribution in [0.2, 0.25) is 0 Å². The molecule has 30 heavy (non-hydrogen) atoms. The van der Waals surface area contributed by atoms with E-state index in [-0.39, 0.29) is 12.4 Å². The minimum Gasteiger partial charge on any atom is -0.459 e. The van der Waals surface area contributed by atoms with Crippen molar-refractivity contribution in [2.24, 2.45) is 0 Å². The number of carbonyl (C=O) groups excluding carboxylic acids is 1. The molecule has 0 saturated carbocycles. The van der Waals surface area contributed by atoms with Crippen molar-refractivity contribution in [3.8, 4) is 0 Å². The second-order valence-electron chi connectivity index (χ2n) is 8.77. The second kappa shape index (κ2) is 17.9. The minimum absolute atomic E-state index is 0.131. The maximum Gasteiger partial charge on any atom is 0.306 e. The molecule has 1 fully saturated rings. The number of ether oxygens (including phenoxy) is 2.